The Morgan fingerprint density at radius 2 is 2.14 bits per heavy atom. The van der Waals surface area contributed by atoms with Crippen molar-refractivity contribution in [1.82, 2.24) is 9.97 Å². The van der Waals surface area contributed by atoms with Crippen molar-refractivity contribution in [3.05, 3.63) is 23.8 Å². The first-order valence-corrected chi connectivity index (χ1v) is 4.83. The SMILES string of the molecule is O=C(O)c1ccnc(C2CCCC2)n1. The maximum absolute atomic E-state index is 10.7. The Balaban J connectivity index is 2.25. The lowest BCUT2D eigenvalue weighted by Crippen LogP contribution is -2.06. The van der Waals surface area contributed by atoms with Crippen molar-refractivity contribution < 1.29 is 9.90 Å². The second kappa shape index (κ2) is 3.74. The van der Waals surface area contributed by atoms with Gasteiger partial charge in [-0.1, -0.05) is 12.8 Å². The van der Waals surface area contributed by atoms with Crippen LogP contribution in [0.3, 0.4) is 0 Å². The second-order valence-electron chi connectivity index (χ2n) is 3.59. The lowest BCUT2D eigenvalue weighted by molar-refractivity contribution is 0.0689. The molecule has 2 rings (SSSR count). The highest BCUT2D eigenvalue weighted by Gasteiger charge is 2.20. The van der Waals surface area contributed by atoms with Crippen molar-refractivity contribution >= 4 is 5.97 Å². The highest BCUT2D eigenvalue weighted by Crippen LogP contribution is 2.31. The first-order chi connectivity index (χ1) is 6.77. The van der Waals surface area contributed by atoms with Gasteiger partial charge in [0, 0.05) is 12.1 Å². The number of aromatic carboxylic acids is 1. The van der Waals surface area contributed by atoms with E-state index in [1.807, 2.05) is 0 Å². The number of carboxylic acids is 1. The van der Waals surface area contributed by atoms with E-state index in [0.717, 1.165) is 12.8 Å². The largest absolute Gasteiger partial charge is 0.477 e. The van der Waals surface area contributed by atoms with E-state index in [9.17, 15) is 4.79 Å². The molecule has 4 heteroatoms. The van der Waals surface area contributed by atoms with Crippen molar-refractivity contribution in [2.75, 3.05) is 0 Å². The molecule has 74 valence electrons. The van der Waals surface area contributed by atoms with Gasteiger partial charge in [0.25, 0.3) is 0 Å². The number of nitrogens with zero attached hydrogens (tertiary/aromatic N) is 2. The maximum atomic E-state index is 10.7. The van der Waals surface area contributed by atoms with Gasteiger partial charge in [-0.2, -0.15) is 0 Å². The van der Waals surface area contributed by atoms with Crippen LogP contribution in [0.5, 0.6) is 0 Å². The normalized spacial score (nSPS) is 17.1. The number of rotatable bonds is 2. The molecule has 1 aromatic heterocycles. The molecule has 0 unspecified atom stereocenters. The first kappa shape index (κ1) is 9.12. The fourth-order valence-corrected chi connectivity index (χ4v) is 1.87. The standard InChI is InChI=1S/C10H12N2O2/c13-10(14)8-5-6-11-9(12-8)7-3-1-2-4-7/h5-7H,1-4H2,(H,13,14). The summed E-state index contributed by atoms with van der Waals surface area (Å²) in [6, 6.07) is 1.43. The lowest BCUT2D eigenvalue weighted by Gasteiger charge is -2.06. The highest BCUT2D eigenvalue weighted by atomic mass is 16.4. The van der Waals surface area contributed by atoms with E-state index < -0.39 is 5.97 Å². The summed E-state index contributed by atoms with van der Waals surface area (Å²) in [5.74, 6) is 0.0864. The predicted molar refractivity (Wildman–Crippen MR) is 50.2 cm³/mol. The quantitative estimate of drug-likeness (QED) is 0.776. The fourth-order valence-electron chi connectivity index (χ4n) is 1.87. The number of aromatic nitrogens is 2. The van der Waals surface area contributed by atoms with Crippen LogP contribution in [0.2, 0.25) is 0 Å². The molecule has 0 radical (unpaired) electrons. The molecular formula is C10H12N2O2. The van der Waals surface area contributed by atoms with E-state index in [1.54, 1.807) is 0 Å². The van der Waals surface area contributed by atoms with Crippen LogP contribution in [0.1, 0.15) is 47.9 Å². The van der Waals surface area contributed by atoms with Crippen LogP contribution >= 0.6 is 0 Å². The third-order valence-electron chi connectivity index (χ3n) is 2.61. The van der Waals surface area contributed by atoms with Crippen LogP contribution in [0, 0.1) is 0 Å². The smallest absolute Gasteiger partial charge is 0.354 e. The molecule has 0 spiro atoms. The van der Waals surface area contributed by atoms with E-state index in [0.29, 0.717) is 11.7 Å². The van der Waals surface area contributed by atoms with Crippen LogP contribution in [0.25, 0.3) is 0 Å². The Morgan fingerprint density at radius 1 is 1.43 bits per heavy atom. The van der Waals surface area contributed by atoms with E-state index in [4.69, 9.17) is 5.11 Å². The van der Waals surface area contributed by atoms with Gasteiger partial charge in [0.15, 0.2) is 5.69 Å². The summed E-state index contributed by atoms with van der Waals surface area (Å²) in [5, 5.41) is 8.76. The molecule has 0 atom stereocenters. The van der Waals surface area contributed by atoms with Crippen molar-refractivity contribution in [2.45, 2.75) is 31.6 Å². The number of hydrogen-bond acceptors (Lipinski definition) is 3. The van der Waals surface area contributed by atoms with Gasteiger partial charge >= 0.3 is 5.97 Å². The van der Waals surface area contributed by atoms with Crippen LogP contribution < -0.4 is 0 Å². The summed E-state index contributed by atoms with van der Waals surface area (Å²) in [7, 11) is 0. The van der Waals surface area contributed by atoms with Gasteiger partial charge in [0.1, 0.15) is 5.82 Å². The van der Waals surface area contributed by atoms with Gasteiger partial charge in [-0.15, -0.1) is 0 Å². The Labute approximate surface area is 82.0 Å². The zero-order chi connectivity index (χ0) is 9.97. The molecule has 4 nitrogen and oxygen atoms in total. The molecule has 1 heterocycles. The monoisotopic (exact) mass is 192 g/mol. The van der Waals surface area contributed by atoms with Crippen LogP contribution in [-0.2, 0) is 0 Å². The van der Waals surface area contributed by atoms with E-state index in [1.165, 1.54) is 25.1 Å². The highest BCUT2D eigenvalue weighted by molar-refractivity contribution is 5.85. The molecule has 1 aliphatic carbocycles. The van der Waals surface area contributed by atoms with Gasteiger partial charge in [0.05, 0.1) is 0 Å². The molecule has 0 aliphatic heterocycles. The van der Waals surface area contributed by atoms with Gasteiger partial charge in [-0.05, 0) is 18.9 Å². The van der Waals surface area contributed by atoms with Crippen molar-refractivity contribution in [3.63, 3.8) is 0 Å². The van der Waals surface area contributed by atoms with E-state index >= 15 is 0 Å². The van der Waals surface area contributed by atoms with Gasteiger partial charge < -0.3 is 5.11 Å². The van der Waals surface area contributed by atoms with Gasteiger partial charge in [-0.3, -0.25) is 0 Å². The Morgan fingerprint density at radius 3 is 2.79 bits per heavy atom. The molecule has 14 heavy (non-hydrogen) atoms. The van der Waals surface area contributed by atoms with E-state index in [-0.39, 0.29) is 5.69 Å². The summed E-state index contributed by atoms with van der Waals surface area (Å²) in [4.78, 5) is 18.9. The topological polar surface area (TPSA) is 63.1 Å². The average Bonchev–Trinajstić information content (AvgIpc) is 2.71. The molecule has 1 fully saturated rings. The van der Waals surface area contributed by atoms with Gasteiger partial charge in [-0.25, -0.2) is 14.8 Å². The molecule has 1 saturated carbocycles. The van der Waals surface area contributed by atoms with Crippen molar-refractivity contribution in [3.8, 4) is 0 Å². The van der Waals surface area contributed by atoms with Crippen LogP contribution in [0.15, 0.2) is 12.3 Å². The van der Waals surface area contributed by atoms with Crippen LogP contribution in [-0.4, -0.2) is 21.0 Å². The molecular weight excluding hydrogens is 180 g/mol. The first-order valence-electron chi connectivity index (χ1n) is 4.83. The maximum Gasteiger partial charge on any atom is 0.354 e. The summed E-state index contributed by atoms with van der Waals surface area (Å²) < 4.78 is 0. The molecule has 0 amide bonds. The summed E-state index contributed by atoms with van der Waals surface area (Å²) in [6.07, 6.45) is 6.10. The van der Waals surface area contributed by atoms with Gasteiger partial charge in [0.2, 0.25) is 0 Å². The summed E-state index contributed by atoms with van der Waals surface area (Å²) in [5.41, 5.74) is 0.0990. The van der Waals surface area contributed by atoms with E-state index in [2.05, 4.69) is 9.97 Å². The van der Waals surface area contributed by atoms with Crippen LogP contribution in [0.4, 0.5) is 0 Å². The zero-order valence-corrected chi connectivity index (χ0v) is 7.81. The van der Waals surface area contributed by atoms with Crippen molar-refractivity contribution in [2.24, 2.45) is 0 Å². The molecule has 0 saturated heterocycles. The second-order valence-corrected chi connectivity index (χ2v) is 3.59. The lowest BCUT2D eigenvalue weighted by atomic mass is 10.1. The molecule has 1 aliphatic rings. The molecule has 0 aromatic carbocycles. The zero-order valence-electron chi connectivity index (χ0n) is 7.81. The minimum Gasteiger partial charge on any atom is -0.477 e. The number of carbonyl (C=O) groups is 1. The molecule has 1 N–H and O–H groups in total. The van der Waals surface area contributed by atoms with Crippen molar-refractivity contribution in [1.29, 1.82) is 0 Å². The predicted octanol–water partition coefficient (Wildman–Crippen LogP) is 1.83. The Kier molecular flexibility index (Phi) is 2.43. The third kappa shape index (κ3) is 1.73. The molecule has 0 bridgehead atoms. The Hall–Kier alpha value is -1.45. The number of carboxylic acid groups (broad SMARTS) is 1. The number of hydrogen-bond donors (Lipinski definition) is 1. The molecule has 1 aromatic rings. The minimum absolute atomic E-state index is 0.0990. The average molecular weight is 192 g/mol. The fraction of sp³-hybridized carbons (Fsp3) is 0.500. The summed E-state index contributed by atoms with van der Waals surface area (Å²) >= 11 is 0. The Bertz CT molecular complexity index is 346. The minimum atomic E-state index is -0.980. The summed E-state index contributed by atoms with van der Waals surface area (Å²) in [6.45, 7) is 0. The third-order valence-corrected chi connectivity index (χ3v) is 2.61.